The third-order valence-electron chi connectivity index (χ3n) is 0. The quantitative estimate of drug-likeness (QED) is 0.426. The summed E-state index contributed by atoms with van der Waals surface area (Å²) in [7, 11) is 0. The van der Waals surface area contributed by atoms with E-state index in [-0.39, 0.29) is 0 Å². The van der Waals surface area contributed by atoms with E-state index < -0.39 is 5.97 Å². The minimum Gasteiger partial charge on any atom is -0.481 e. The molecule has 0 radical (unpaired) electrons. The van der Waals surface area contributed by atoms with Crippen LogP contribution in [-0.4, -0.2) is 11.1 Å². The Kier molecular flexibility index (Phi) is 13.4. The lowest BCUT2D eigenvalue weighted by Gasteiger charge is -1.59. The normalized spacial score (nSPS) is 4.50. The summed E-state index contributed by atoms with van der Waals surface area (Å²) >= 11 is 0. The van der Waals surface area contributed by atoms with E-state index in [0.29, 0.717) is 0 Å². The van der Waals surface area contributed by atoms with Gasteiger partial charge in [0, 0.05) is 17.7 Å². The maximum absolute atomic E-state index is 9.00. The minimum absolute atomic E-state index is 0.833. The van der Waals surface area contributed by atoms with E-state index in [1.807, 2.05) is 0 Å². The fourth-order valence-electron chi connectivity index (χ4n) is 0. The van der Waals surface area contributed by atoms with E-state index in [9.17, 15) is 0 Å². The zero-order valence-electron chi connectivity index (χ0n) is 3.25. The van der Waals surface area contributed by atoms with Crippen LogP contribution in [0.1, 0.15) is 6.92 Å². The van der Waals surface area contributed by atoms with Gasteiger partial charge >= 0.3 is 0 Å². The van der Waals surface area contributed by atoms with Crippen molar-refractivity contribution in [2.45, 2.75) is 6.92 Å². The van der Waals surface area contributed by atoms with Crippen LogP contribution in [0.2, 0.25) is 0 Å². The first-order chi connectivity index (χ1) is 2.73. The van der Waals surface area contributed by atoms with E-state index in [4.69, 9.17) is 20.7 Å². The number of nitrogens with zero attached hydrogens (tertiary/aromatic N) is 2. The van der Waals surface area contributed by atoms with Gasteiger partial charge in [-0.1, -0.05) is 0 Å². The van der Waals surface area contributed by atoms with Gasteiger partial charge in [0.1, 0.15) is 0 Å². The van der Waals surface area contributed by atoms with E-state index in [2.05, 4.69) is 0 Å². The van der Waals surface area contributed by atoms with Gasteiger partial charge in [-0.3, -0.25) is 4.79 Å². The molecule has 0 saturated carbocycles. The van der Waals surface area contributed by atoms with E-state index >= 15 is 0 Å². The number of carboxylic acids is 1. The van der Waals surface area contributed by atoms with Crippen LogP contribution >= 0.6 is 0 Å². The first-order valence-electron chi connectivity index (χ1n) is 1.13. The molecule has 34 valence electrons. The molecular weight excluding hydrogens is 84.0 g/mol. The van der Waals surface area contributed by atoms with Gasteiger partial charge < -0.3 is 5.11 Å². The summed E-state index contributed by atoms with van der Waals surface area (Å²) in [5.41, 5.74) is 0. The molecule has 0 rings (SSSR count). The lowest BCUT2D eigenvalue weighted by molar-refractivity contribution is -0.134. The van der Waals surface area contributed by atoms with E-state index in [0.717, 1.165) is 6.92 Å². The van der Waals surface area contributed by atoms with E-state index in [1.165, 1.54) is 0 Å². The molecule has 4 heteroatoms. The van der Waals surface area contributed by atoms with Crippen LogP contribution in [0.25, 0.3) is 0 Å². The summed E-state index contributed by atoms with van der Waals surface area (Å²) in [5.74, 6) is -0.833. The lowest BCUT2D eigenvalue weighted by Crippen LogP contribution is -1.78. The molecule has 0 aliphatic rings. The summed E-state index contributed by atoms with van der Waals surface area (Å²) in [6.45, 7) is 1.08. The number of hydrogen-bond acceptors (Lipinski definition) is 3. The molecule has 0 aromatic heterocycles. The van der Waals surface area contributed by atoms with Crippen molar-refractivity contribution in [3.63, 3.8) is 0 Å². The third-order valence-corrected chi connectivity index (χ3v) is 0. The SMILES string of the molecule is CC(=O)O.N#N. The van der Waals surface area contributed by atoms with Gasteiger partial charge in [0.2, 0.25) is 0 Å². The zero-order chi connectivity index (χ0) is 5.58. The molecule has 4 nitrogen and oxygen atoms in total. The van der Waals surface area contributed by atoms with Crippen molar-refractivity contribution in [2.24, 2.45) is 0 Å². The molecule has 0 atom stereocenters. The fraction of sp³-hybridized carbons (Fsp3) is 0.500. The molecule has 0 amide bonds. The maximum Gasteiger partial charge on any atom is 0.300 e. The molecule has 0 aromatic rings. The van der Waals surface area contributed by atoms with Crippen LogP contribution in [0.5, 0.6) is 0 Å². The molecule has 1 N–H and O–H groups in total. The van der Waals surface area contributed by atoms with Crippen LogP contribution in [0, 0.1) is 10.8 Å². The number of hydrogen-bond donors (Lipinski definition) is 1. The highest BCUT2D eigenvalue weighted by molar-refractivity contribution is 5.62. The number of carbonyl (C=O) groups is 1. The van der Waals surface area contributed by atoms with Crippen LogP contribution in [0.15, 0.2) is 0 Å². The number of carboxylic acid groups (broad SMARTS) is 1. The molecule has 0 bridgehead atoms. The van der Waals surface area contributed by atoms with Gasteiger partial charge in [-0.25, -0.2) is 0 Å². The smallest absolute Gasteiger partial charge is 0.300 e. The second-order valence-electron chi connectivity index (χ2n) is 0.519. The average Bonchev–Trinajstić information content (AvgIpc) is 1.41. The number of rotatable bonds is 0. The molecule has 0 unspecified atom stereocenters. The molecular formula is C2H4N2O2. The predicted octanol–water partition coefficient (Wildman–Crippen LogP) is 0.121. The number of aliphatic carboxylic acids is 1. The van der Waals surface area contributed by atoms with Crippen molar-refractivity contribution in [3.8, 4) is 0 Å². The van der Waals surface area contributed by atoms with Crippen molar-refractivity contribution in [1.29, 1.82) is 10.8 Å². The summed E-state index contributed by atoms with van der Waals surface area (Å²) < 4.78 is 0. The first-order valence-corrected chi connectivity index (χ1v) is 1.13. The van der Waals surface area contributed by atoms with E-state index in [1.54, 1.807) is 0 Å². The highest BCUT2D eigenvalue weighted by atomic mass is 16.4. The summed E-state index contributed by atoms with van der Waals surface area (Å²) in [5, 5.41) is 19.4. The highest BCUT2D eigenvalue weighted by Crippen LogP contribution is 1.42. The molecule has 0 spiro atoms. The summed E-state index contributed by atoms with van der Waals surface area (Å²) in [6.07, 6.45) is 0. The van der Waals surface area contributed by atoms with Crippen molar-refractivity contribution < 1.29 is 9.90 Å². The summed E-state index contributed by atoms with van der Waals surface area (Å²) in [4.78, 5) is 9.00. The third kappa shape index (κ3) is 8.38. The summed E-state index contributed by atoms with van der Waals surface area (Å²) in [6, 6.07) is 0. The van der Waals surface area contributed by atoms with Crippen LogP contribution in [0.3, 0.4) is 0 Å². The van der Waals surface area contributed by atoms with Gasteiger partial charge in [0.05, 0.1) is 0 Å². The minimum atomic E-state index is -0.833. The Bertz CT molecular complexity index is 53.8. The zero-order valence-corrected chi connectivity index (χ0v) is 3.25. The average molecular weight is 88.1 g/mol. The second-order valence-corrected chi connectivity index (χ2v) is 0.519. The van der Waals surface area contributed by atoms with Gasteiger partial charge in [0.25, 0.3) is 5.97 Å². The second kappa shape index (κ2) is 9.10. The largest absolute Gasteiger partial charge is 0.481 e. The van der Waals surface area contributed by atoms with Crippen molar-refractivity contribution in [3.05, 3.63) is 0 Å². The standard InChI is InChI=1S/C2H4O2.N2/c1-2(3)4;1-2/h1H3,(H,3,4);. The van der Waals surface area contributed by atoms with Gasteiger partial charge in [0.15, 0.2) is 0 Å². The Labute approximate surface area is 34.8 Å². The topological polar surface area (TPSA) is 84.9 Å². The van der Waals surface area contributed by atoms with Crippen molar-refractivity contribution in [1.82, 2.24) is 0 Å². The van der Waals surface area contributed by atoms with Crippen molar-refractivity contribution >= 4 is 5.97 Å². The first kappa shape index (κ1) is 8.86. The maximum atomic E-state index is 9.00. The van der Waals surface area contributed by atoms with Crippen LogP contribution in [0.4, 0.5) is 0 Å². The fourth-order valence-corrected chi connectivity index (χ4v) is 0. The monoisotopic (exact) mass is 88.0 g/mol. The predicted molar refractivity (Wildman–Crippen MR) is 16.8 cm³/mol. The lowest BCUT2D eigenvalue weighted by atomic mass is 10.9. The van der Waals surface area contributed by atoms with Crippen LogP contribution in [-0.2, 0) is 4.79 Å². The van der Waals surface area contributed by atoms with Crippen molar-refractivity contribution in [2.75, 3.05) is 0 Å². The Morgan fingerprint density at radius 2 is 1.67 bits per heavy atom. The molecule has 0 heterocycles. The Morgan fingerprint density at radius 1 is 1.67 bits per heavy atom. The molecule has 0 aliphatic carbocycles. The Morgan fingerprint density at radius 3 is 1.67 bits per heavy atom. The molecule has 0 fully saturated rings. The van der Waals surface area contributed by atoms with Gasteiger partial charge in [-0.15, -0.1) is 0 Å². The molecule has 0 aromatic carbocycles. The highest BCUT2D eigenvalue weighted by Gasteiger charge is 1.65. The molecule has 0 aliphatic heterocycles. The van der Waals surface area contributed by atoms with Gasteiger partial charge in [-0.2, -0.15) is 0 Å². The Hall–Kier alpha value is -1.11. The molecule has 0 saturated heterocycles. The van der Waals surface area contributed by atoms with Crippen LogP contribution < -0.4 is 0 Å². The Balaban J connectivity index is 0. The van der Waals surface area contributed by atoms with Gasteiger partial charge in [-0.05, 0) is 0 Å². The molecule has 6 heavy (non-hydrogen) atoms.